The van der Waals surface area contributed by atoms with Crippen LogP contribution in [0, 0.1) is 0 Å². The number of para-hydroxylation sites is 1. The summed E-state index contributed by atoms with van der Waals surface area (Å²) in [7, 11) is 0. The maximum atomic E-state index is 12.6. The highest BCUT2D eigenvalue weighted by atomic mass is 32.2. The van der Waals surface area contributed by atoms with Crippen molar-refractivity contribution in [3.8, 4) is 11.6 Å². The number of nitrogens with zero attached hydrogens (tertiary/aromatic N) is 5. The summed E-state index contributed by atoms with van der Waals surface area (Å²) in [5.74, 6) is 1.44. The fraction of sp³-hybridized carbons (Fsp3) is 0.192. The molecule has 2 aromatic heterocycles. The van der Waals surface area contributed by atoms with Crippen molar-refractivity contribution in [1.82, 2.24) is 19.9 Å². The Bertz CT molecular complexity index is 1370. The van der Waals surface area contributed by atoms with Gasteiger partial charge in [0.25, 0.3) is 5.91 Å². The zero-order valence-electron chi connectivity index (χ0n) is 19.8. The van der Waals surface area contributed by atoms with Gasteiger partial charge in [0, 0.05) is 18.7 Å². The minimum absolute atomic E-state index is 0.0251. The fourth-order valence-corrected chi connectivity index (χ4v) is 4.55. The molecular weight excluding hydrogens is 490 g/mol. The zero-order valence-corrected chi connectivity index (χ0v) is 20.6. The second-order valence-corrected chi connectivity index (χ2v) is 9.34. The SMILES string of the molecule is Nc1nc(NC(=O)c2ccccc2)nc(Sc2ccc(N3CCC(O)CC3)nc2Oc2ccccc2)n1. The lowest BCUT2D eigenvalue weighted by Crippen LogP contribution is -2.36. The second-order valence-electron chi connectivity index (χ2n) is 8.33. The normalized spacial score (nSPS) is 13.8. The lowest BCUT2D eigenvalue weighted by Gasteiger charge is -2.30. The van der Waals surface area contributed by atoms with Crippen LogP contribution in [-0.2, 0) is 0 Å². The fourth-order valence-electron chi connectivity index (χ4n) is 3.78. The van der Waals surface area contributed by atoms with Gasteiger partial charge in [-0.25, -0.2) is 0 Å². The van der Waals surface area contributed by atoms with Gasteiger partial charge in [0.1, 0.15) is 11.6 Å². The number of carbonyl (C=O) groups excluding carboxylic acids is 1. The van der Waals surface area contributed by atoms with Crippen LogP contribution in [0.4, 0.5) is 17.7 Å². The molecule has 188 valence electrons. The van der Waals surface area contributed by atoms with E-state index >= 15 is 0 Å². The number of rotatable bonds is 7. The summed E-state index contributed by atoms with van der Waals surface area (Å²) < 4.78 is 6.14. The molecular formula is C26H25N7O3S. The highest BCUT2D eigenvalue weighted by molar-refractivity contribution is 7.99. The van der Waals surface area contributed by atoms with Crippen molar-refractivity contribution in [2.24, 2.45) is 0 Å². The van der Waals surface area contributed by atoms with Crippen LogP contribution in [-0.4, -0.2) is 50.1 Å². The van der Waals surface area contributed by atoms with E-state index < -0.39 is 0 Å². The summed E-state index contributed by atoms with van der Waals surface area (Å²) >= 11 is 1.20. The van der Waals surface area contributed by atoms with E-state index in [2.05, 4.69) is 25.2 Å². The highest BCUT2D eigenvalue weighted by Gasteiger charge is 2.21. The molecule has 0 atom stereocenters. The zero-order chi connectivity index (χ0) is 25.6. The van der Waals surface area contributed by atoms with Crippen molar-refractivity contribution in [2.75, 3.05) is 29.0 Å². The number of ether oxygens (including phenoxy) is 1. The van der Waals surface area contributed by atoms with Gasteiger partial charge >= 0.3 is 0 Å². The monoisotopic (exact) mass is 515 g/mol. The standard InChI is InChI=1S/C26H25N7O3S/c27-24-30-25(29-22(35)17-7-3-1-4-8-17)32-26(31-24)37-20-11-12-21(33-15-13-18(34)14-16-33)28-23(20)36-19-9-5-2-6-10-19/h1-12,18,34H,13-16H2,(H3,27,29,30,31,32,35). The Morgan fingerprint density at radius 2 is 1.65 bits per heavy atom. The summed E-state index contributed by atoms with van der Waals surface area (Å²) in [5, 5.41) is 12.8. The van der Waals surface area contributed by atoms with Gasteiger partial charge in [0.05, 0.1) is 11.0 Å². The molecule has 1 aliphatic rings. The number of nitrogens with one attached hydrogen (secondary N) is 1. The Balaban J connectivity index is 1.41. The first-order valence-corrected chi connectivity index (χ1v) is 12.6. The van der Waals surface area contributed by atoms with E-state index in [4.69, 9.17) is 15.5 Å². The summed E-state index contributed by atoms with van der Waals surface area (Å²) in [6.45, 7) is 1.42. The summed E-state index contributed by atoms with van der Waals surface area (Å²) in [6.07, 6.45) is 1.10. The molecule has 1 fully saturated rings. The molecule has 0 aliphatic carbocycles. The number of nitrogens with two attached hydrogens (primary N) is 1. The van der Waals surface area contributed by atoms with Gasteiger partial charge in [0.15, 0.2) is 5.16 Å². The number of carbonyl (C=O) groups is 1. The Morgan fingerprint density at radius 3 is 2.38 bits per heavy atom. The van der Waals surface area contributed by atoms with Crippen LogP contribution in [0.15, 0.2) is 82.8 Å². The van der Waals surface area contributed by atoms with Crippen molar-refractivity contribution < 1.29 is 14.6 Å². The number of hydrogen-bond donors (Lipinski definition) is 3. The Kier molecular flexibility index (Phi) is 7.43. The number of aliphatic hydroxyl groups is 1. The van der Waals surface area contributed by atoms with Gasteiger partial charge < -0.3 is 20.5 Å². The average molecular weight is 516 g/mol. The quantitative estimate of drug-likeness (QED) is 0.331. The topological polar surface area (TPSA) is 139 Å². The second kappa shape index (κ2) is 11.2. The van der Waals surface area contributed by atoms with Crippen LogP contribution in [0.5, 0.6) is 11.6 Å². The number of hydrogen-bond acceptors (Lipinski definition) is 10. The number of nitrogen functional groups attached to an aromatic ring is 1. The molecule has 3 heterocycles. The molecule has 5 rings (SSSR count). The van der Waals surface area contributed by atoms with Gasteiger partial charge in [0.2, 0.25) is 17.8 Å². The third kappa shape index (κ3) is 6.32. The number of anilines is 3. The van der Waals surface area contributed by atoms with Crippen molar-refractivity contribution in [3.05, 3.63) is 78.4 Å². The lowest BCUT2D eigenvalue weighted by atomic mass is 10.1. The minimum atomic E-state index is -0.354. The molecule has 0 unspecified atom stereocenters. The summed E-state index contributed by atoms with van der Waals surface area (Å²) in [5.41, 5.74) is 6.39. The molecule has 11 heteroatoms. The van der Waals surface area contributed by atoms with Gasteiger partial charge in [-0.05, 0) is 61.0 Å². The van der Waals surface area contributed by atoms with Gasteiger partial charge in [-0.15, -0.1) is 0 Å². The molecule has 0 radical (unpaired) electrons. The maximum Gasteiger partial charge on any atom is 0.258 e. The van der Waals surface area contributed by atoms with E-state index in [1.165, 1.54) is 11.8 Å². The Morgan fingerprint density at radius 1 is 0.946 bits per heavy atom. The van der Waals surface area contributed by atoms with E-state index in [0.717, 1.165) is 5.82 Å². The molecule has 1 saturated heterocycles. The Labute approximate surface area is 218 Å². The van der Waals surface area contributed by atoms with E-state index in [-0.39, 0.29) is 29.1 Å². The largest absolute Gasteiger partial charge is 0.438 e. The predicted octanol–water partition coefficient (Wildman–Crippen LogP) is 4.01. The van der Waals surface area contributed by atoms with Crippen molar-refractivity contribution in [2.45, 2.75) is 29.0 Å². The number of aromatic nitrogens is 4. The highest BCUT2D eigenvalue weighted by Crippen LogP contribution is 2.37. The molecule has 2 aromatic carbocycles. The summed E-state index contributed by atoms with van der Waals surface area (Å²) in [4.78, 5) is 32.8. The van der Waals surface area contributed by atoms with Crippen LogP contribution in [0.25, 0.3) is 0 Å². The number of aliphatic hydroxyl groups excluding tert-OH is 1. The Hall–Kier alpha value is -4.22. The van der Waals surface area contributed by atoms with Crippen molar-refractivity contribution in [1.29, 1.82) is 0 Å². The third-order valence-corrected chi connectivity index (χ3v) is 6.55. The lowest BCUT2D eigenvalue weighted by molar-refractivity contribution is 0.102. The summed E-state index contributed by atoms with van der Waals surface area (Å²) in [6, 6.07) is 21.9. The smallest absolute Gasteiger partial charge is 0.258 e. The van der Waals surface area contributed by atoms with Crippen LogP contribution in [0.2, 0.25) is 0 Å². The number of pyridine rings is 1. The van der Waals surface area contributed by atoms with E-state index in [1.54, 1.807) is 24.3 Å². The molecule has 0 bridgehead atoms. The predicted molar refractivity (Wildman–Crippen MR) is 141 cm³/mol. The molecule has 4 N–H and O–H groups in total. The van der Waals surface area contributed by atoms with E-state index in [9.17, 15) is 9.90 Å². The number of amides is 1. The average Bonchev–Trinajstić information content (AvgIpc) is 2.91. The maximum absolute atomic E-state index is 12.6. The third-order valence-electron chi connectivity index (χ3n) is 5.65. The first-order chi connectivity index (χ1) is 18.0. The van der Waals surface area contributed by atoms with E-state index in [0.29, 0.717) is 48.0 Å². The van der Waals surface area contributed by atoms with Crippen LogP contribution in [0.3, 0.4) is 0 Å². The molecule has 0 spiro atoms. The van der Waals surface area contributed by atoms with Gasteiger partial charge in [-0.2, -0.15) is 19.9 Å². The van der Waals surface area contributed by atoms with Crippen LogP contribution in [0.1, 0.15) is 23.2 Å². The first kappa shape index (κ1) is 24.5. The number of piperidine rings is 1. The van der Waals surface area contributed by atoms with E-state index in [1.807, 2.05) is 48.5 Å². The molecule has 4 aromatic rings. The molecule has 0 saturated carbocycles. The molecule has 1 amide bonds. The van der Waals surface area contributed by atoms with Gasteiger partial charge in [-0.1, -0.05) is 36.4 Å². The van der Waals surface area contributed by atoms with Gasteiger partial charge in [-0.3, -0.25) is 10.1 Å². The minimum Gasteiger partial charge on any atom is -0.438 e. The first-order valence-electron chi connectivity index (χ1n) is 11.8. The number of benzene rings is 2. The molecule has 1 aliphatic heterocycles. The molecule has 10 nitrogen and oxygen atoms in total. The van der Waals surface area contributed by atoms with Crippen molar-refractivity contribution >= 4 is 35.4 Å². The molecule has 37 heavy (non-hydrogen) atoms. The van der Waals surface area contributed by atoms with Crippen molar-refractivity contribution in [3.63, 3.8) is 0 Å². The van der Waals surface area contributed by atoms with Crippen LogP contribution < -0.4 is 20.7 Å². The van der Waals surface area contributed by atoms with Crippen LogP contribution >= 0.6 is 11.8 Å².